The molecule has 1 rings (SSSR count). The summed E-state index contributed by atoms with van der Waals surface area (Å²) >= 11 is 5.81. The van der Waals surface area contributed by atoms with Gasteiger partial charge in [0, 0.05) is 24.8 Å². The number of rotatable bonds is 4. The van der Waals surface area contributed by atoms with Crippen LogP contribution in [0.1, 0.15) is 23.0 Å². The van der Waals surface area contributed by atoms with Gasteiger partial charge in [0.15, 0.2) is 0 Å². The van der Waals surface area contributed by atoms with E-state index >= 15 is 0 Å². The van der Waals surface area contributed by atoms with Crippen LogP contribution in [0.3, 0.4) is 0 Å². The van der Waals surface area contributed by atoms with Crippen LogP contribution < -0.4 is 5.32 Å². The molecule has 98 valence electrons. The highest BCUT2D eigenvalue weighted by Crippen LogP contribution is 2.12. The fourth-order valence-corrected chi connectivity index (χ4v) is 1.76. The van der Waals surface area contributed by atoms with Crippen molar-refractivity contribution >= 4 is 23.4 Å². The summed E-state index contributed by atoms with van der Waals surface area (Å²) < 4.78 is 0. The minimum absolute atomic E-state index is 0.0326. The van der Waals surface area contributed by atoms with Crippen LogP contribution in [0.5, 0.6) is 0 Å². The molecule has 0 saturated heterocycles. The Bertz CT molecular complexity index is 442. The van der Waals surface area contributed by atoms with Crippen molar-refractivity contribution in [3.8, 4) is 0 Å². The fourth-order valence-electron chi connectivity index (χ4n) is 1.51. The minimum Gasteiger partial charge on any atom is -0.358 e. The van der Waals surface area contributed by atoms with Crippen LogP contribution in [0, 0.1) is 6.92 Å². The van der Waals surface area contributed by atoms with E-state index in [1.54, 1.807) is 13.0 Å². The van der Waals surface area contributed by atoms with Gasteiger partial charge in [-0.3, -0.25) is 9.59 Å². The van der Waals surface area contributed by atoms with Gasteiger partial charge in [0.25, 0.3) is 5.91 Å². The maximum atomic E-state index is 12.2. The van der Waals surface area contributed by atoms with E-state index in [-0.39, 0.29) is 23.5 Å². The molecular formula is C12H16ClN3O2. The molecule has 1 heterocycles. The second kappa shape index (κ2) is 6.35. The maximum Gasteiger partial charge on any atom is 0.254 e. The van der Waals surface area contributed by atoms with Crippen LogP contribution >= 0.6 is 11.6 Å². The number of carbonyl (C=O) groups is 2. The Hall–Kier alpha value is -1.62. The van der Waals surface area contributed by atoms with Gasteiger partial charge in [-0.25, -0.2) is 4.98 Å². The third-order valence-corrected chi connectivity index (χ3v) is 2.64. The van der Waals surface area contributed by atoms with E-state index in [9.17, 15) is 9.59 Å². The third kappa shape index (κ3) is 3.70. The van der Waals surface area contributed by atoms with Crippen molar-refractivity contribution in [3.63, 3.8) is 0 Å². The van der Waals surface area contributed by atoms with Crippen molar-refractivity contribution in [1.82, 2.24) is 15.2 Å². The monoisotopic (exact) mass is 269 g/mol. The van der Waals surface area contributed by atoms with Gasteiger partial charge in [0.2, 0.25) is 5.91 Å². The van der Waals surface area contributed by atoms with E-state index in [4.69, 9.17) is 11.6 Å². The standard InChI is InChI=1S/C12H16ClN3O2/c1-4-16(7-11(17)14-3)12(18)9-5-8(2)15-10(13)6-9/h5-6H,4,7H2,1-3H3,(H,14,17). The molecule has 2 amide bonds. The molecule has 0 fully saturated rings. The number of carbonyl (C=O) groups excluding carboxylic acids is 2. The van der Waals surface area contributed by atoms with Crippen molar-refractivity contribution in [1.29, 1.82) is 0 Å². The normalized spacial score (nSPS) is 10.0. The van der Waals surface area contributed by atoms with Crippen LogP contribution in [-0.2, 0) is 4.79 Å². The molecule has 0 saturated carbocycles. The number of pyridine rings is 1. The largest absolute Gasteiger partial charge is 0.358 e. The molecule has 0 unspecified atom stereocenters. The van der Waals surface area contributed by atoms with Crippen LogP contribution in [0.4, 0.5) is 0 Å². The summed E-state index contributed by atoms with van der Waals surface area (Å²) in [4.78, 5) is 28.9. The Morgan fingerprint density at radius 2 is 2.11 bits per heavy atom. The second-order valence-corrected chi connectivity index (χ2v) is 4.20. The lowest BCUT2D eigenvalue weighted by atomic mass is 10.2. The summed E-state index contributed by atoms with van der Waals surface area (Å²) in [5.41, 5.74) is 1.11. The van der Waals surface area contributed by atoms with E-state index in [0.29, 0.717) is 17.8 Å². The molecule has 1 N–H and O–H groups in total. The number of halogens is 1. The lowest BCUT2D eigenvalue weighted by molar-refractivity contribution is -0.121. The number of likely N-dealkylation sites (N-methyl/N-ethyl adjacent to an activating group) is 2. The summed E-state index contributed by atoms with van der Waals surface area (Å²) in [6, 6.07) is 3.16. The van der Waals surface area contributed by atoms with Gasteiger partial charge < -0.3 is 10.2 Å². The van der Waals surface area contributed by atoms with Crippen LogP contribution in [0.2, 0.25) is 5.15 Å². The highest BCUT2D eigenvalue weighted by molar-refractivity contribution is 6.29. The zero-order valence-electron chi connectivity index (χ0n) is 10.7. The third-order valence-electron chi connectivity index (χ3n) is 2.45. The van der Waals surface area contributed by atoms with Crippen molar-refractivity contribution < 1.29 is 9.59 Å². The average molecular weight is 270 g/mol. The zero-order valence-corrected chi connectivity index (χ0v) is 11.4. The Morgan fingerprint density at radius 3 is 2.61 bits per heavy atom. The Balaban J connectivity index is 2.92. The second-order valence-electron chi connectivity index (χ2n) is 3.81. The number of nitrogens with one attached hydrogen (secondary N) is 1. The van der Waals surface area contributed by atoms with Crippen LogP contribution in [0.25, 0.3) is 0 Å². The van der Waals surface area contributed by atoms with Gasteiger partial charge in [-0.15, -0.1) is 0 Å². The first-order valence-electron chi connectivity index (χ1n) is 5.62. The van der Waals surface area contributed by atoms with E-state index in [1.165, 1.54) is 18.0 Å². The van der Waals surface area contributed by atoms with Crippen molar-refractivity contribution in [3.05, 3.63) is 28.5 Å². The molecule has 0 atom stereocenters. The van der Waals surface area contributed by atoms with Gasteiger partial charge >= 0.3 is 0 Å². The molecule has 1 aromatic rings. The Kier molecular flexibility index (Phi) is 5.09. The molecule has 5 nitrogen and oxygen atoms in total. The molecule has 0 aliphatic rings. The van der Waals surface area contributed by atoms with Gasteiger partial charge in [-0.2, -0.15) is 0 Å². The van der Waals surface area contributed by atoms with Gasteiger partial charge in [0.1, 0.15) is 5.15 Å². The summed E-state index contributed by atoms with van der Waals surface area (Å²) in [5, 5.41) is 2.76. The fraction of sp³-hybridized carbons (Fsp3) is 0.417. The van der Waals surface area contributed by atoms with Crippen molar-refractivity contribution in [2.45, 2.75) is 13.8 Å². The smallest absolute Gasteiger partial charge is 0.254 e. The van der Waals surface area contributed by atoms with E-state index in [2.05, 4.69) is 10.3 Å². The number of hydrogen-bond acceptors (Lipinski definition) is 3. The lowest BCUT2D eigenvalue weighted by Gasteiger charge is -2.20. The molecule has 0 aliphatic heterocycles. The van der Waals surface area contributed by atoms with Crippen LogP contribution in [0.15, 0.2) is 12.1 Å². The predicted octanol–water partition coefficient (Wildman–Crippen LogP) is 1.25. The first kappa shape index (κ1) is 14.4. The minimum atomic E-state index is -0.228. The summed E-state index contributed by atoms with van der Waals surface area (Å²) in [7, 11) is 1.54. The van der Waals surface area contributed by atoms with Crippen molar-refractivity contribution in [2.24, 2.45) is 0 Å². The zero-order chi connectivity index (χ0) is 13.7. The number of aromatic nitrogens is 1. The quantitative estimate of drug-likeness (QED) is 0.837. The Morgan fingerprint density at radius 1 is 1.44 bits per heavy atom. The topological polar surface area (TPSA) is 62.3 Å². The number of nitrogens with zero attached hydrogens (tertiary/aromatic N) is 2. The van der Waals surface area contributed by atoms with Crippen LogP contribution in [-0.4, -0.2) is 41.8 Å². The molecule has 0 aliphatic carbocycles. The number of amides is 2. The highest BCUT2D eigenvalue weighted by Gasteiger charge is 2.17. The summed E-state index contributed by atoms with van der Waals surface area (Å²) in [5.74, 6) is -0.435. The summed E-state index contributed by atoms with van der Waals surface area (Å²) in [6.45, 7) is 4.06. The lowest BCUT2D eigenvalue weighted by Crippen LogP contribution is -2.39. The molecule has 0 radical (unpaired) electrons. The SMILES string of the molecule is CCN(CC(=O)NC)C(=O)c1cc(C)nc(Cl)c1. The van der Waals surface area contributed by atoms with E-state index in [1.807, 2.05) is 6.92 Å². The van der Waals surface area contributed by atoms with E-state index in [0.717, 1.165) is 0 Å². The van der Waals surface area contributed by atoms with Gasteiger partial charge in [-0.05, 0) is 26.0 Å². The van der Waals surface area contributed by atoms with Gasteiger partial charge in [0.05, 0.1) is 6.54 Å². The molecule has 18 heavy (non-hydrogen) atoms. The first-order valence-corrected chi connectivity index (χ1v) is 5.99. The predicted molar refractivity (Wildman–Crippen MR) is 69.6 cm³/mol. The van der Waals surface area contributed by atoms with Gasteiger partial charge in [-0.1, -0.05) is 11.6 Å². The maximum absolute atomic E-state index is 12.2. The molecular weight excluding hydrogens is 254 g/mol. The molecule has 1 aromatic heterocycles. The van der Waals surface area contributed by atoms with Crippen molar-refractivity contribution in [2.75, 3.05) is 20.1 Å². The average Bonchev–Trinajstić information content (AvgIpc) is 2.33. The molecule has 6 heteroatoms. The molecule has 0 bridgehead atoms. The number of hydrogen-bond donors (Lipinski definition) is 1. The first-order chi connectivity index (χ1) is 8.47. The molecule has 0 spiro atoms. The molecule has 0 aromatic carbocycles. The Labute approximate surface area is 111 Å². The number of aryl methyl sites for hydroxylation is 1. The van der Waals surface area contributed by atoms with E-state index < -0.39 is 0 Å². The highest BCUT2D eigenvalue weighted by atomic mass is 35.5. The summed E-state index contributed by atoms with van der Waals surface area (Å²) in [6.07, 6.45) is 0.